The van der Waals surface area contributed by atoms with Gasteiger partial charge in [0.2, 0.25) is 5.91 Å². The zero-order valence-electron chi connectivity index (χ0n) is 17.0. The van der Waals surface area contributed by atoms with Crippen molar-refractivity contribution in [3.8, 4) is 11.3 Å². The summed E-state index contributed by atoms with van der Waals surface area (Å²) in [5, 5.41) is 7.34. The Labute approximate surface area is 171 Å². The van der Waals surface area contributed by atoms with Gasteiger partial charge in [0.05, 0.1) is 5.69 Å². The summed E-state index contributed by atoms with van der Waals surface area (Å²) >= 11 is 0. The Morgan fingerprint density at radius 3 is 2.41 bits per heavy atom. The van der Waals surface area contributed by atoms with Crippen LogP contribution >= 0.6 is 0 Å². The van der Waals surface area contributed by atoms with Gasteiger partial charge in [0.1, 0.15) is 6.54 Å². The van der Waals surface area contributed by atoms with Gasteiger partial charge >= 0.3 is 0 Å². The van der Waals surface area contributed by atoms with E-state index in [1.54, 1.807) is 6.07 Å². The molecule has 1 unspecified atom stereocenters. The third kappa shape index (κ3) is 5.88. The number of aromatic nitrogens is 2. The first-order chi connectivity index (χ1) is 14.0. The van der Waals surface area contributed by atoms with E-state index in [-0.39, 0.29) is 24.1 Å². The van der Waals surface area contributed by atoms with Crippen molar-refractivity contribution in [3.63, 3.8) is 0 Å². The molecule has 2 aromatic carbocycles. The van der Waals surface area contributed by atoms with Crippen molar-refractivity contribution in [1.29, 1.82) is 0 Å². The Balaban J connectivity index is 1.61. The van der Waals surface area contributed by atoms with Crippen LogP contribution < -0.4 is 10.9 Å². The fourth-order valence-electron chi connectivity index (χ4n) is 3.18. The molecule has 0 aliphatic rings. The molecule has 1 aromatic heterocycles. The molecule has 0 fully saturated rings. The van der Waals surface area contributed by atoms with E-state index in [1.807, 2.05) is 49.4 Å². The standard InChI is InChI=1S/C24H27N3O2/c1-3-19-11-13-21(14-12-19)22-15-16-24(29)27(26-22)17-23(28)25-18(2)9-10-20-7-5-4-6-8-20/h4-8,11-16,18H,3,9-10,17H2,1-2H3,(H,25,28). The number of amides is 1. The molecule has 0 aliphatic heterocycles. The van der Waals surface area contributed by atoms with E-state index in [0.29, 0.717) is 5.69 Å². The number of nitrogens with one attached hydrogen (secondary N) is 1. The van der Waals surface area contributed by atoms with Crippen molar-refractivity contribution in [2.24, 2.45) is 0 Å². The van der Waals surface area contributed by atoms with Crippen LogP contribution in [0.1, 0.15) is 31.4 Å². The predicted molar refractivity (Wildman–Crippen MR) is 116 cm³/mol. The molecule has 0 spiro atoms. The summed E-state index contributed by atoms with van der Waals surface area (Å²) in [6, 6.07) is 21.4. The van der Waals surface area contributed by atoms with Crippen molar-refractivity contribution >= 4 is 5.91 Å². The lowest BCUT2D eigenvalue weighted by Gasteiger charge is -2.14. The predicted octanol–water partition coefficient (Wildman–Crippen LogP) is 3.61. The number of carbonyl (C=O) groups is 1. The van der Waals surface area contributed by atoms with E-state index >= 15 is 0 Å². The highest BCUT2D eigenvalue weighted by Gasteiger charge is 2.11. The monoisotopic (exact) mass is 389 g/mol. The molecule has 1 heterocycles. The van der Waals surface area contributed by atoms with E-state index in [4.69, 9.17) is 0 Å². The zero-order valence-corrected chi connectivity index (χ0v) is 17.0. The maximum absolute atomic E-state index is 12.4. The van der Waals surface area contributed by atoms with Gasteiger partial charge in [-0.15, -0.1) is 0 Å². The van der Waals surface area contributed by atoms with E-state index in [0.717, 1.165) is 24.8 Å². The number of nitrogens with zero attached hydrogens (tertiary/aromatic N) is 2. The van der Waals surface area contributed by atoms with E-state index < -0.39 is 0 Å². The highest BCUT2D eigenvalue weighted by molar-refractivity contribution is 5.76. The van der Waals surface area contributed by atoms with Gasteiger partial charge in [0, 0.05) is 17.7 Å². The Kier molecular flexibility index (Phi) is 6.95. The van der Waals surface area contributed by atoms with Crippen LogP contribution in [0.15, 0.2) is 71.5 Å². The Morgan fingerprint density at radius 1 is 1.00 bits per heavy atom. The van der Waals surface area contributed by atoms with Gasteiger partial charge in [-0.1, -0.05) is 61.5 Å². The van der Waals surface area contributed by atoms with Crippen LogP contribution in [0.4, 0.5) is 0 Å². The van der Waals surface area contributed by atoms with Crippen LogP contribution in [0.2, 0.25) is 0 Å². The second-order valence-electron chi connectivity index (χ2n) is 7.26. The third-order valence-corrected chi connectivity index (χ3v) is 4.93. The van der Waals surface area contributed by atoms with Gasteiger partial charge in [0.15, 0.2) is 0 Å². The maximum atomic E-state index is 12.4. The molecular weight excluding hydrogens is 362 g/mol. The molecule has 3 aromatic rings. The molecular formula is C24H27N3O2. The molecule has 5 heteroatoms. The van der Waals surface area contributed by atoms with E-state index in [2.05, 4.69) is 29.5 Å². The first kappa shape index (κ1) is 20.5. The van der Waals surface area contributed by atoms with Crippen LogP contribution in [0.5, 0.6) is 0 Å². The first-order valence-electron chi connectivity index (χ1n) is 10.1. The van der Waals surface area contributed by atoms with Gasteiger partial charge in [-0.05, 0) is 43.4 Å². The molecule has 5 nitrogen and oxygen atoms in total. The molecule has 3 rings (SSSR count). The minimum atomic E-state index is -0.286. The number of carbonyl (C=O) groups excluding carboxylic acids is 1. The van der Waals surface area contributed by atoms with Gasteiger partial charge in [0.25, 0.3) is 5.56 Å². The molecule has 1 amide bonds. The SMILES string of the molecule is CCc1ccc(-c2ccc(=O)n(CC(=O)NC(C)CCc3ccccc3)n2)cc1. The number of hydrogen-bond donors (Lipinski definition) is 1. The molecule has 29 heavy (non-hydrogen) atoms. The second kappa shape index (κ2) is 9.82. The Morgan fingerprint density at radius 2 is 1.72 bits per heavy atom. The summed E-state index contributed by atoms with van der Waals surface area (Å²) in [4.78, 5) is 24.6. The lowest BCUT2D eigenvalue weighted by atomic mass is 10.1. The summed E-state index contributed by atoms with van der Waals surface area (Å²) in [6.07, 6.45) is 2.70. The smallest absolute Gasteiger partial charge is 0.267 e. The quantitative estimate of drug-likeness (QED) is 0.640. The average Bonchev–Trinajstić information content (AvgIpc) is 2.74. The lowest BCUT2D eigenvalue weighted by molar-refractivity contribution is -0.122. The fourth-order valence-corrected chi connectivity index (χ4v) is 3.18. The summed E-state index contributed by atoms with van der Waals surface area (Å²) < 4.78 is 1.22. The van der Waals surface area contributed by atoms with Crippen molar-refractivity contribution in [1.82, 2.24) is 15.1 Å². The van der Waals surface area contributed by atoms with Crippen molar-refractivity contribution in [3.05, 3.63) is 88.2 Å². The highest BCUT2D eigenvalue weighted by Crippen LogP contribution is 2.16. The molecule has 0 saturated carbocycles. The third-order valence-electron chi connectivity index (χ3n) is 4.93. The Bertz CT molecular complexity index is 995. The Hall–Kier alpha value is -3.21. The highest BCUT2D eigenvalue weighted by atomic mass is 16.2. The average molecular weight is 389 g/mol. The van der Waals surface area contributed by atoms with Crippen LogP contribution in [-0.4, -0.2) is 21.7 Å². The summed E-state index contributed by atoms with van der Waals surface area (Å²) in [6.45, 7) is 3.99. The number of rotatable bonds is 8. The van der Waals surface area contributed by atoms with Gasteiger partial charge in [-0.3, -0.25) is 9.59 Å². The maximum Gasteiger partial charge on any atom is 0.267 e. The van der Waals surface area contributed by atoms with Gasteiger partial charge in [-0.2, -0.15) is 5.10 Å². The molecule has 150 valence electrons. The fraction of sp³-hybridized carbons (Fsp3) is 0.292. The molecule has 0 saturated heterocycles. The van der Waals surface area contributed by atoms with Crippen LogP contribution in [0.25, 0.3) is 11.3 Å². The number of benzene rings is 2. The van der Waals surface area contributed by atoms with Crippen LogP contribution in [0, 0.1) is 0 Å². The minimum absolute atomic E-state index is 0.0168. The van der Waals surface area contributed by atoms with Crippen LogP contribution in [-0.2, 0) is 24.2 Å². The molecule has 0 aliphatic carbocycles. The van der Waals surface area contributed by atoms with Crippen molar-refractivity contribution in [2.75, 3.05) is 0 Å². The van der Waals surface area contributed by atoms with Crippen molar-refractivity contribution in [2.45, 2.75) is 45.7 Å². The molecule has 1 atom stereocenters. The molecule has 0 bridgehead atoms. The second-order valence-corrected chi connectivity index (χ2v) is 7.26. The van der Waals surface area contributed by atoms with E-state index in [9.17, 15) is 9.59 Å². The summed E-state index contributed by atoms with van der Waals surface area (Å²) in [5.41, 5.74) is 3.80. The van der Waals surface area contributed by atoms with Gasteiger partial charge < -0.3 is 5.32 Å². The van der Waals surface area contributed by atoms with Gasteiger partial charge in [-0.25, -0.2) is 4.68 Å². The number of aryl methyl sites for hydroxylation is 2. The zero-order chi connectivity index (χ0) is 20.6. The number of hydrogen-bond acceptors (Lipinski definition) is 3. The summed E-state index contributed by atoms with van der Waals surface area (Å²) in [5.74, 6) is -0.210. The first-order valence-corrected chi connectivity index (χ1v) is 10.1. The largest absolute Gasteiger partial charge is 0.352 e. The molecule has 1 N–H and O–H groups in total. The topological polar surface area (TPSA) is 64.0 Å². The normalized spacial score (nSPS) is 11.8. The molecule has 0 radical (unpaired) electrons. The lowest BCUT2D eigenvalue weighted by Crippen LogP contribution is -2.38. The van der Waals surface area contributed by atoms with Crippen molar-refractivity contribution < 1.29 is 4.79 Å². The van der Waals surface area contributed by atoms with Crippen LogP contribution in [0.3, 0.4) is 0 Å². The van der Waals surface area contributed by atoms with E-state index in [1.165, 1.54) is 21.9 Å². The summed E-state index contributed by atoms with van der Waals surface area (Å²) in [7, 11) is 0. The minimum Gasteiger partial charge on any atom is -0.352 e.